The monoisotopic (exact) mass is 197 g/mol. The molecule has 4 nitrogen and oxygen atoms in total. The first-order chi connectivity index (χ1) is 6.72. The second-order valence-corrected chi connectivity index (χ2v) is 4.01. The molecule has 0 bridgehead atoms. The number of likely N-dealkylation sites (N-methyl/N-ethyl adjacent to an activating group) is 1. The van der Waals surface area contributed by atoms with Crippen LogP contribution in [0.4, 0.5) is 0 Å². The Morgan fingerprint density at radius 3 is 2.79 bits per heavy atom. The third kappa shape index (κ3) is 4.05. The van der Waals surface area contributed by atoms with Gasteiger partial charge in [-0.1, -0.05) is 0 Å². The second kappa shape index (κ2) is 5.97. The minimum atomic E-state index is -0.361. The largest absolute Gasteiger partial charge is 0.381 e. The zero-order chi connectivity index (χ0) is 10.4. The summed E-state index contributed by atoms with van der Waals surface area (Å²) in [5.74, 6) is 0.708. The number of hydrogen-bond donors (Lipinski definition) is 1. The van der Waals surface area contributed by atoms with E-state index in [-0.39, 0.29) is 6.04 Å². The summed E-state index contributed by atoms with van der Waals surface area (Å²) in [5.41, 5.74) is 5.55. The van der Waals surface area contributed by atoms with E-state index < -0.39 is 0 Å². The number of nitrogens with zero attached hydrogens (tertiary/aromatic N) is 2. The maximum absolute atomic E-state index is 8.57. The van der Waals surface area contributed by atoms with Crippen LogP contribution in [-0.4, -0.2) is 44.3 Å². The van der Waals surface area contributed by atoms with Gasteiger partial charge in [-0.25, -0.2) is 0 Å². The molecule has 1 heterocycles. The van der Waals surface area contributed by atoms with Crippen molar-refractivity contribution >= 4 is 0 Å². The van der Waals surface area contributed by atoms with Crippen molar-refractivity contribution < 1.29 is 4.74 Å². The quantitative estimate of drug-likeness (QED) is 0.699. The van der Waals surface area contributed by atoms with E-state index in [4.69, 9.17) is 15.7 Å². The van der Waals surface area contributed by atoms with Crippen LogP contribution in [0.1, 0.15) is 12.8 Å². The molecule has 1 aliphatic heterocycles. The summed E-state index contributed by atoms with van der Waals surface area (Å²) in [4.78, 5) is 2.14. The Labute approximate surface area is 85.6 Å². The van der Waals surface area contributed by atoms with E-state index in [2.05, 4.69) is 4.90 Å². The Balaban J connectivity index is 2.18. The molecule has 1 saturated heterocycles. The summed E-state index contributed by atoms with van der Waals surface area (Å²) in [6.07, 6.45) is 2.26. The first kappa shape index (κ1) is 11.4. The highest BCUT2D eigenvalue weighted by Crippen LogP contribution is 2.15. The molecule has 80 valence electrons. The molecular formula is C10H19N3O. The van der Waals surface area contributed by atoms with Crippen LogP contribution in [-0.2, 0) is 4.74 Å². The van der Waals surface area contributed by atoms with E-state index in [0.29, 0.717) is 12.5 Å². The lowest BCUT2D eigenvalue weighted by Gasteiger charge is -2.27. The lowest BCUT2D eigenvalue weighted by atomic mass is 10.00. The smallest absolute Gasteiger partial charge is 0.106 e. The average Bonchev–Trinajstić information content (AvgIpc) is 2.19. The molecule has 0 aromatic heterocycles. The van der Waals surface area contributed by atoms with Crippen molar-refractivity contribution in [3.8, 4) is 6.07 Å². The minimum absolute atomic E-state index is 0.361. The molecular weight excluding hydrogens is 178 g/mol. The molecule has 1 unspecified atom stereocenters. The van der Waals surface area contributed by atoms with E-state index in [1.54, 1.807) is 0 Å². The van der Waals surface area contributed by atoms with Gasteiger partial charge >= 0.3 is 0 Å². The van der Waals surface area contributed by atoms with Crippen LogP contribution in [0.2, 0.25) is 0 Å². The molecule has 0 aromatic rings. The van der Waals surface area contributed by atoms with Crippen molar-refractivity contribution in [2.45, 2.75) is 18.9 Å². The molecule has 0 amide bonds. The summed E-state index contributed by atoms with van der Waals surface area (Å²) in [5, 5.41) is 8.57. The van der Waals surface area contributed by atoms with Crippen LogP contribution >= 0.6 is 0 Å². The molecule has 1 aliphatic rings. The van der Waals surface area contributed by atoms with Gasteiger partial charge < -0.3 is 15.4 Å². The fraction of sp³-hybridized carbons (Fsp3) is 0.900. The summed E-state index contributed by atoms with van der Waals surface area (Å²) >= 11 is 0. The molecule has 2 N–H and O–H groups in total. The predicted octanol–water partition coefficient (Wildman–Crippen LogP) is 0.196. The van der Waals surface area contributed by atoms with E-state index in [0.717, 1.165) is 32.6 Å². The molecule has 0 spiro atoms. The van der Waals surface area contributed by atoms with Crippen LogP contribution in [0.5, 0.6) is 0 Å². The molecule has 0 saturated carbocycles. The third-order valence-corrected chi connectivity index (χ3v) is 2.58. The molecule has 1 rings (SSSR count). The second-order valence-electron chi connectivity index (χ2n) is 4.01. The lowest BCUT2D eigenvalue weighted by molar-refractivity contribution is 0.0556. The first-order valence-corrected chi connectivity index (χ1v) is 5.14. The van der Waals surface area contributed by atoms with Gasteiger partial charge in [0, 0.05) is 26.3 Å². The Kier molecular flexibility index (Phi) is 4.88. The molecule has 0 aliphatic carbocycles. The van der Waals surface area contributed by atoms with Crippen LogP contribution in [0.15, 0.2) is 0 Å². The molecule has 1 fully saturated rings. The zero-order valence-electron chi connectivity index (χ0n) is 8.78. The number of hydrogen-bond acceptors (Lipinski definition) is 4. The third-order valence-electron chi connectivity index (χ3n) is 2.58. The van der Waals surface area contributed by atoms with Gasteiger partial charge in [-0.2, -0.15) is 5.26 Å². The first-order valence-electron chi connectivity index (χ1n) is 5.14. The number of ether oxygens (including phenoxy) is 1. The Morgan fingerprint density at radius 2 is 2.21 bits per heavy atom. The maximum atomic E-state index is 8.57. The fourth-order valence-corrected chi connectivity index (χ4v) is 1.82. The van der Waals surface area contributed by atoms with Gasteiger partial charge in [0.15, 0.2) is 0 Å². The van der Waals surface area contributed by atoms with Crippen molar-refractivity contribution in [2.75, 3.05) is 33.4 Å². The molecule has 1 atom stereocenters. The van der Waals surface area contributed by atoms with Crippen LogP contribution in [0, 0.1) is 17.2 Å². The zero-order valence-corrected chi connectivity index (χ0v) is 8.78. The van der Waals surface area contributed by atoms with Gasteiger partial charge in [0.1, 0.15) is 6.04 Å². The minimum Gasteiger partial charge on any atom is -0.381 e. The van der Waals surface area contributed by atoms with Crippen molar-refractivity contribution in [1.82, 2.24) is 4.90 Å². The SMILES string of the molecule is CN(CC(N)C#N)CC1CCOCC1. The number of nitriles is 1. The van der Waals surface area contributed by atoms with E-state index in [1.807, 2.05) is 13.1 Å². The van der Waals surface area contributed by atoms with Gasteiger partial charge in [0.2, 0.25) is 0 Å². The lowest BCUT2D eigenvalue weighted by Crippen LogP contribution is -2.37. The van der Waals surface area contributed by atoms with Crippen LogP contribution in [0.25, 0.3) is 0 Å². The van der Waals surface area contributed by atoms with E-state index in [1.165, 1.54) is 0 Å². The maximum Gasteiger partial charge on any atom is 0.106 e. The number of nitrogens with two attached hydrogens (primary N) is 1. The summed E-state index contributed by atoms with van der Waals surface area (Å²) in [6.45, 7) is 3.44. The predicted molar refractivity (Wildman–Crippen MR) is 54.6 cm³/mol. The van der Waals surface area contributed by atoms with Crippen LogP contribution < -0.4 is 5.73 Å². The summed E-state index contributed by atoms with van der Waals surface area (Å²) in [6, 6.07) is 1.68. The molecule has 0 radical (unpaired) electrons. The normalized spacial score (nSPS) is 20.7. The van der Waals surface area contributed by atoms with Gasteiger partial charge in [0.05, 0.1) is 6.07 Å². The summed E-state index contributed by atoms with van der Waals surface area (Å²) in [7, 11) is 2.02. The van der Waals surface area contributed by atoms with E-state index in [9.17, 15) is 0 Å². The Hall–Kier alpha value is -0.630. The van der Waals surface area contributed by atoms with Gasteiger partial charge in [-0.3, -0.25) is 0 Å². The van der Waals surface area contributed by atoms with Crippen molar-refractivity contribution in [3.63, 3.8) is 0 Å². The van der Waals surface area contributed by atoms with Crippen molar-refractivity contribution in [1.29, 1.82) is 5.26 Å². The fourth-order valence-electron chi connectivity index (χ4n) is 1.82. The topological polar surface area (TPSA) is 62.3 Å². The van der Waals surface area contributed by atoms with Crippen molar-refractivity contribution in [3.05, 3.63) is 0 Å². The van der Waals surface area contributed by atoms with Gasteiger partial charge in [0.25, 0.3) is 0 Å². The highest BCUT2D eigenvalue weighted by atomic mass is 16.5. The van der Waals surface area contributed by atoms with E-state index >= 15 is 0 Å². The highest BCUT2D eigenvalue weighted by Gasteiger charge is 2.16. The standard InChI is InChI=1S/C10H19N3O/c1-13(8-10(12)6-11)7-9-2-4-14-5-3-9/h9-10H,2-5,7-8,12H2,1H3. The molecule has 14 heavy (non-hydrogen) atoms. The Morgan fingerprint density at radius 1 is 1.57 bits per heavy atom. The van der Waals surface area contributed by atoms with Gasteiger partial charge in [-0.15, -0.1) is 0 Å². The van der Waals surface area contributed by atoms with Gasteiger partial charge in [-0.05, 0) is 25.8 Å². The average molecular weight is 197 g/mol. The van der Waals surface area contributed by atoms with Crippen LogP contribution in [0.3, 0.4) is 0 Å². The highest BCUT2D eigenvalue weighted by molar-refractivity contribution is 4.88. The Bertz CT molecular complexity index is 196. The van der Waals surface area contributed by atoms with Crippen molar-refractivity contribution in [2.24, 2.45) is 11.7 Å². The molecule has 0 aromatic carbocycles. The molecule has 4 heteroatoms. The summed E-state index contributed by atoms with van der Waals surface area (Å²) < 4.78 is 5.29. The number of rotatable bonds is 4.